The van der Waals surface area contributed by atoms with Crippen molar-refractivity contribution in [2.45, 2.75) is 12.8 Å². The van der Waals surface area contributed by atoms with E-state index < -0.39 is 0 Å². The lowest BCUT2D eigenvalue weighted by Gasteiger charge is -2.18. The van der Waals surface area contributed by atoms with Crippen molar-refractivity contribution in [1.29, 1.82) is 0 Å². The van der Waals surface area contributed by atoms with E-state index in [4.69, 9.17) is 21.1 Å². The molecule has 0 aromatic heterocycles. The average molecular weight is 332 g/mol. The summed E-state index contributed by atoms with van der Waals surface area (Å²) in [7, 11) is 3.18. The summed E-state index contributed by atoms with van der Waals surface area (Å²) in [6.07, 6.45) is 1.18. The van der Waals surface area contributed by atoms with E-state index in [1.54, 1.807) is 19.1 Å². The molecule has 4 nitrogen and oxygen atoms in total. The standard InChI is InChI=1S/C18H18ClNO3/c1-22-16-6-3-12(9-17(16)23-2)10-18(21)20-8-7-13-4-5-14(19)11-15(13)20/h3-6,9,11H,7-8,10H2,1-2H3. The average Bonchev–Trinajstić information content (AvgIpc) is 2.97. The molecular weight excluding hydrogens is 314 g/mol. The van der Waals surface area contributed by atoms with E-state index in [9.17, 15) is 4.79 Å². The number of hydrogen-bond donors (Lipinski definition) is 0. The molecule has 1 aliphatic heterocycles. The summed E-state index contributed by atoms with van der Waals surface area (Å²) < 4.78 is 10.5. The third-order valence-corrected chi connectivity index (χ3v) is 4.28. The first-order valence-corrected chi connectivity index (χ1v) is 7.80. The molecule has 0 spiro atoms. The molecule has 2 aromatic carbocycles. The SMILES string of the molecule is COc1ccc(CC(=O)N2CCc3ccc(Cl)cc32)cc1OC. The Morgan fingerprint density at radius 2 is 1.91 bits per heavy atom. The third-order valence-electron chi connectivity index (χ3n) is 4.05. The number of fused-ring (bicyclic) bond motifs is 1. The van der Waals surface area contributed by atoms with E-state index in [0.29, 0.717) is 29.5 Å². The number of anilines is 1. The van der Waals surface area contributed by atoms with Crippen molar-refractivity contribution >= 4 is 23.2 Å². The summed E-state index contributed by atoms with van der Waals surface area (Å²) in [6, 6.07) is 11.2. The van der Waals surface area contributed by atoms with Gasteiger partial charge in [0.15, 0.2) is 11.5 Å². The van der Waals surface area contributed by atoms with Crippen molar-refractivity contribution < 1.29 is 14.3 Å². The third kappa shape index (κ3) is 3.13. The van der Waals surface area contributed by atoms with Crippen LogP contribution < -0.4 is 14.4 Å². The van der Waals surface area contributed by atoms with Crippen molar-refractivity contribution in [2.75, 3.05) is 25.7 Å². The minimum Gasteiger partial charge on any atom is -0.493 e. The van der Waals surface area contributed by atoms with Crippen LogP contribution in [0, 0.1) is 0 Å². The predicted molar refractivity (Wildman–Crippen MR) is 90.8 cm³/mol. The smallest absolute Gasteiger partial charge is 0.231 e. The summed E-state index contributed by atoms with van der Waals surface area (Å²) in [5.74, 6) is 1.34. The molecule has 0 saturated heterocycles. The Balaban J connectivity index is 1.80. The first kappa shape index (κ1) is 15.7. The predicted octanol–water partition coefficient (Wildman–Crippen LogP) is 3.49. The maximum atomic E-state index is 12.7. The summed E-state index contributed by atoms with van der Waals surface area (Å²) in [5, 5.41) is 0.648. The second kappa shape index (κ2) is 6.50. The fourth-order valence-electron chi connectivity index (χ4n) is 2.87. The Kier molecular flexibility index (Phi) is 4.44. The molecule has 5 heteroatoms. The van der Waals surface area contributed by atoms with Gasteiger partial charge in [-0.15, -0.1) is 0 Å². The largest absolute Gasteiger partial charge is 0.493 e. The monoisotopic (exact) mass is 331 g/mol. The van der Waals surface area contributed by atoms with Crippen LogP contribution in [0.25, 0.3) is 0 Å². The lowest BCUT2D eigenvalue weighted by molar-refractivity contribution is -0.117. The summed E-state index contributed by atoms with van der Waals surface area (Å²) in [6.45, 7) is 0.696. The highest BCUT2D eigenvalue weighted by atomic mass is 35.5. The van der Waals surface area contributed by atoms with Gasteiger partial charge in [0.2, 0.25) is 5.91 Å². The van der Waals surface area contributed by atoms with Crippen molar-refractivity contribution in [1.82, 2.24) is 0 Å². The molecule has 0 N–H and O–H groups in total. The molecule has 0 fully saturated rings. The topological polar surface area (TPSA) is 38.8 Å². The molecule has 0 aliphatic carbocycles. The number of carbonyl (C=O) groups excluding carboxylic acids is 1. The van der Waals surface area contributed by atoms with E-state index >= 15 is 0 Å². The quantitative estimate of drug-likeness (QED) is 0.861. The number of benzene rings is 2. The van der Waals surface area contributed by atoms with Crippen LogP contribution in [0.4, 0.5) is 5.69 Å². The van der Waals surface area contributed by atoms with Gasteiger partial charge in [-0.25, -0.2) is 0 Å². The minimum absolute atomic E-state index is 0.0539. The number of carbonyl (C=O) groups is 1. The zero-order valence-electron chi connectivity index (χ0n) is 13.1. The van der Waals surface area contributed by atoms with Crippen LogP contribution in [0.3, 0.4) is 0 Å². The zero-order chi connectivity index (χ0) is 16.4. The van der Waals surface area contributed by atoms with Gasteiger partial charge in [0, 0.05) is 17.3 Å². The summed E-state index contributed by atoms with van der Waals surface area (Å²) in [5.41, 5.74) is 2.97. The number of methoxy groups -OCH3 is 2. The Morgan fingerprint density at radius 1 is 1.13 bits per heavy atom. The first-order valence-electron chi connectivity index (χ1n) is 7.42. The van der Waals surface area contributed by atoms with Gasteiger partial charge in [-0.2, -0.15) is 0 Å². The highest BCUT2D eigenvalue weighted by Crippen LogP contribution is 2.32. The van der Waals surface area contributed by atoms with E-state index in [1.807, 2.05) is 36.4 Å². The molecule has 0 bridgehead atoms. The van der Waals surface area contributed by atoms with Crippen LogP contribution in [0.5, 0.6) is 11.5 Å². The maximum absolute atomic E-state index is 12.7. The lowest BCUT2D eigenvalue weighted by atomic mass is 10.1. The second-order valence-corrected chi connectivity index (χ2v) is 5.87. The van der Waals surface area contributed by atoms with Crippen molar-refractivity contribution in [3.8, 4) is 11.5 Å². The molecule has 3 rings (SSSR count). The molecule has 120 valence electrons. The van der Waals surface area contributed by atoms with Gasteiger partial charge in [-0.1, -0.05) is 23.7 Å². The number of halogens is 1. The van der Waals surface area contributed by atoms with Crippen molar-refractivity contribution in [2.24, 2.45) is 0 Å². The van der Waals surface area contributed by atoms with Crippen LogP contribution in [0.1, 0.15) is 11.1 Å². The van der Waals surface area contributed by atoms with E-state index in [-0.39, 0.29) is 5.91 Å². The molecule has 0 saturated carbocycles. The van der Waals surface area contributed by atoms with Gasteiger partial charge in [0.1, 0.15) is 0 Å². The van der Waals surface area contributed by atoms with Gasteiger partial charge >= 0.3 is 0 Å². The molecule has 1 aliphatic rings. The Labute approximate surface area is 140 Å². The van der Waals surface area contributed by atoms with Gasteiger partial charge < -0.3 is 14.4 Å². The Hall–Kier alpha value is -2.20. The fraction of sp³-hybridized carbons (Fsp3) is 0.278. The van der Waals surface area contributed by atoms with Crippen molar-refractivity contribution in [3.63, 3.8) is 0 Å². The van der Waals surface area contributed by atoms with Crippen LogP contribution in [0.15, 0.2) is 36.4 Å². The van der Waals surface area contributed by atoms with Crippen LogP contribution >= 0.6 is 11.6 Å². The Morgan fingerprint density at radius 3 is 2.65 bits per heavy atom. The Bertz CT molecular complexity index is 745. The molecule has 0 atom stereocenters. The molecule has 0 unspecified atom stereocenters. The molecule has 1 heterocycles. The number of amides is 1. The fourth-order valence-corrected chi connectivity index (χ4v) is 3.04. The highest BCUT2D eigenvalue weighted by molar-refractivity contribution is 6.31. The number of hydrogen-bond acceptors (Lipinski definition) is 3. The molecule has 2 aromatic rings. The highest BCUT2D eigenvalue weighted by Gasteiger charge is 2.25. The van der Waals surface area contributed by atoms with Crippen LogP contribution in [-0.2, 0) is 17.6 Å². The number of ether oxygens (including phenoxy) is 2. The van der Waals surface area contributed by atoms with E-state index in [0.717, 1.165) is 23.2 Å². The van der Waals surface area contributed by atoms with E-state index in [1.165, 1.54) is 0 Å². The number of nitrogens with zero attached hydrogens (tertiary/aromatic N) is 1. The minimum atomic E-state index is 0.0539. The summed E-state index contributed by atoms with van der Waals surface area (Å²) >= 11 is 6.06. The van der Waals surface area contributed by atoms with Crippen LogP contribution in [-0.4, -0.2) is 26.7 Å². The van der Waals surface area contributed by atoms with E-state index in [2.05, 4.69) is 0 Å². The zero-order valence-corrected chi connectivity index (χ0v) is 13.9. The van der Waals surface area contributed by atoms with Gasteiger partial charge in [0.05, 0.1) is 20.6 Å². The molecular formula is C18H18ClNO3. The van der Waals surface area contributed by atoms with Gasteiger partial charge in [-0.3, -0.25) is 4.79 Å². The molecule has 0 radical (unpaired) electrons. The normalized spacial score (nSPS) is 12.9. The second-order valence-electron chi connectivity index (χ2n) is 5.43. The summed E-state index contributed by atoms with van der Waals surface area (Å²) in [4.78, 5) is 14.5. The first-order chi connectivity index (χ1) is 11.1. The van der Waals surface area contributed by atoms with Gasteiger partial charge in [-0.05, 0) is 41.8 Å². The number of rotatable bonds is 4. The van der Waals surface area contributed by atoms with Crippen molar-refractivity contribution in [3.05, 3.63) is 52.5 Å². The maximum Gasteiger partial charge on any atom is 0.231 e. The molecule has 23 heavy (non-hydrogen) atoms. The van der Waals surface area contributed by atoms with Gasteiger partial charge in [0.25, 0.3) is 0 Å². The van der Waals surface area contributed by atoms with Crippen LogP contribution in [0.2, 0.25) is 5.02 Å². The lowest BCUT2D eigenvalue weighted by Crippen LogP contribution is -2.30. The molecule has 1 amide bonds.